The van der Waals surface area contributed by atoms with Crippen LogP contribution in [0, 0.1) is 0 Å². The normalized spacial score (nSPS) is 13.8. The molecule has 0 aromatic heterocycles. The summed E-state index contributed by atoms with van der Waals surface area (Å²) in [4.78, 5) is 0. The Bertz CT molecular complexity index is 625. The smallest absolute Gasteiger partial charge is 0.417 e. The summed E-state index contributed by atoms with van der Waals surface area (Å²) in [5.41, 5.74) is 0. The number of hydrogen-bond donors (Lipinski definition) is 0. The van der Waals surface area contributed by atoms with Gasteiger partial charge in [-0.05, 0) is 89.9 Å². The van der Waals surface area contributed by atoms with Crippen LogP contribution in [0.5, 0.6) is 0 Å². The monoisotopic (exact) mass is 731 g/mol. The van der Waals surface area contributed by atoms with Crippen LogP contribution in [0.25, 0.3) is 0 Å². The number of hydrogen-bond acceptors (Lipinski definition) is 9. The molecule has 0 aromatic rings. The van der Waals surface area contributed by atoms with Crippen molar-refractivity contribution in [1.82, 2.24) is 0 Å². The molecule has 15 heteroatoms. The van der Waals surface area contributed by atoms with Gasteiger partial charge in [-0.15, -0.1) is 0 Å². The maximum Gasteiger partial charge on any atom is 0.500 e. The summed E-state index contributed by atoms with van der Waals surface area (Å²) in [6.45, 7) is 32.1. The van der Waals surface area contributed by atoms with Crippen molar-refractivity contribution in [3.8, 4) is 0 Å². The van der Waals surface area contributed by atoms with E-state index in [-0.39, 0.29) is 0 Å². The molecule has 0 aliphatic carbocycles. The van der Waals surface area contributed by atoms with E-state index in [9.17, 15) is 0 Å². The minimum absolute atomic E-state index is 0.648. The summed E-state index contributed by atoms with van der Waals surface area (Å²) in [5.74, 6) is 0. The van der Waals surface area contributed by atoms with Crippen LogP contribution in [-0.4, -0.2) is 91.7 Å². The molecule has 9 nitrogen and oxygen atoms in total. The summed E-state index contributed by atoms with van der Waals surface area (Å²) >= 11 is 0. The van der Waals surface area contributed by atoms with Crippen molar-refractivity contribution in [1.29, 1.82) is 0 Å². The first-order valence-corrected chi connectivity index (χ1v) is 32.1. The lowest BCUT2D eigenvalue weighted by Gasteiger charge is -2.41. The van der Waals surface area contributed by atoms with E-state index in [4.69, 9.17) is 38.9 Å². The lowest BCUT2D eigenvalue weighted by atomic mass is 10.5. The van der Waals surface area contributed by atoms with E-state index in [2.05, 4.69) is 87.4 Å². The third kappa shape index (κ3) is 19.7. The van der Waals surface area contributed by atoms with Crippen LogP contribution < -0.4 is 0 Å². The van der Waals surface area contributed by atoms with E-state index in [0.29, 0.717) is 39.6 Å². The van der Waals surface area contributed by atoms with Crippen LogP contribution in [-0.2, 0) is 38.9 Å². The van der Waals surface area contributed by atoms with E-state index in [1.165, 1.54) is 0 Å². The van der Waals surface area contributed by atoms with Crippen molar-refractivity contribution in [2.75, 3.05) is 39.6 Å². The lowest BCUT2D eigenvalue weighted by molar-refractivity contribution is 0.0596. The largest absolute Gasteiger partial charge is 0.500 e. The molecular formula is C29H71O9Si6. The van der Waals surface area contributed by atoms with Crippen LogP contribution in [0.15, 0.2) is 0 Å². The van der Waals surface area contributed by atoms with Crippen LogP contribution >= 0.6 is 0 Å². The van der Waals surface area contributed by atoms with Crippen molar-refractivity contribution in [3.63, 3.8) is 0 Å². The molecule has 0 amide bonds. The second-order valence-corrected chi connectivity index (χ2v) is 32.5. The molecule has 0 saturated heterocycles. The fourth-order valence-electron chi connectivity index (χ4n) is 4.68. The summed E-state index contributed by atoms with van der Waals surface area (Å²) < 4.78 is 59.2. The molecular weight excluding hydrogens is 661 g/mol. The molecule has 1 radical (unpaired) electrons. The molecule has 0 aliphatic heterocycles. The van der Waals surface area contributed by atoms with Gasteiger partial charge in [0.15, 0.2) is 25.7 Å². The van der Waals surface area contributed by atoms with Gasteiger partial charge in [0.1, 0.15) is 0 Å². The van der Waals surface area contributed by atoms with Crippen molar-refractivity contribution < 1.29 is 38.9 Å². The third-order valence-corrected chi connectivity index (χ3v) is 26.5. The van der Waals surface area contributed by atoms with Gasteiger partial charge >= 0.3 is 26.4 Å². The van der Waals surface area contributed by atoms with E-state index in [1.54, 1.807) is 0 Å². The Morgan fingerprint density at radius 1 is 0.409 bits per heavy atom. The molecule has 0 spiro atoms. The Kier molecular flexibility index (Phi) is 23.8. The van der Waals surface area contributed by atoms with Crippen molar-refractivity contribution in [2.45, 2.75) is 150 Å². The van der Waals surface area contributed by atoms with E-state index in [0.717, 1.165) is 62.7 Å². The fraction of sp³-hybridized carbons (Fsp3) is 1.00. The van der Waals surface area contributed by atoms with Crippen molar-refractivity contribution in [2.24, 2.45) is 0 Å². The molecule has 0 N–H and O–H groups in total. The quantitative estimate of drug-likeness (QED) is 0.0674. The maximum atomic E-state index is 7.07. The highest BCUT2D eigenvalue weighted by Gasteiger charge is 2.50. The molecule has 0 bridgehead atoms. The molecule has 0 aromatic carbocycles. The predicted molar refractivity (Wildman–Crippen MR) is 196 cm³/mol. The van der Waals surface area contributed by atoms with Crippen molar-refractivity contribution in [3.05, 3.63) is 0 Å². The Hall–Kier alpha value is 0.941. The van der Waals surface area contributed by atoms with E-state index >= 15 is 0 Å². The van der Waals surface area contributed by atoms with Gasteiger partial charge in [-0.3, -0.25) is 0 Å². The highest BCUT2D eigenvalue weighted by atomic mass is 28.5. The molecule has 0 rings (SSSR count). The molecule has 0 aliphatic rings. The maximum absolute atomic E-state index is 7.07. The number of rotatable bonds is 30. The first-order chi connectivity index (χ1) is 20.6. The summed E-state index contributed by atoms with van der Waals surface area (Å²) in [6.07, 6.45) is 5.59. The van der Waals surface area contributed by atoms with E-state index < -0.39 is 52.1 Å². The minimum atomic E-state index is -2.97. The molecule has 265 valence electrons. The summed E-state index contributed by atoms with van der Waals surface area (Å²) in [7, 11) is -14.2. The van der Waals surface area contributed by atoms with Gasteiger partial charge in [-0.1, -0.05) is 41.5 Å². The third-order valence-electron chi connectivity index (χ3n) is 6.54. The Morgan fingerprint density at radius 2 is 0.659 bits per heavy atom. The average Bonchev–Trinajstić information content (AvgIpc) is 2.94. The Morgan fingerprint density at radius 3 is 0.864 bits per heavy atom. The molecule has 0 unspecified atom stereocenters. The zero-order valence-electron chi connectivity index (χ0n) is 31.0. The van der Waals surface area contributed by atoms with Gasteiger partial charge in [0.25, 0.3) is 0 Å². The van der Waals surface area contributed by atoms with E-state index in [1.807, 2.05) is 0 Å². The highest BCUT2D eigenvalue weighted by molar-refractivity contribution is 6.88. The summed E-state index contributed by atoms with van der Waals surface area (Å²) in [6, 6.07) is 3.22. The van der Waals surface area contributed by atoms with Gasteiger partial charge in [-0.25, -0.2) is 0 Å². The van der Waals surface area contributed by atoms with Crippen LogP contribution in [0.2, 0.25) is 70.0 Å². The molecule has 0 saturated carbocycles. The first-order valence-electron chi connectivity index (χ1n) is 17.3. The minimum Gasteiger partial charge on any atom is -0.417 e. The second-order valence-electron chi connectivity index (χ2n) is 13.1. The fourth-order valence-corrected chi connectivity index (χ4v) is 29.8. The lowest BCUT2D eigenvalue weighted by Crippen LogP contribution is -2.58. The van der Waals surface area contributed by atoms with Gasteiger partial charge in [0, 0.05) is 58.3 Å². The highest BCUT2D eigenvalue weighted by Crippen LogP contribution is 2.32. The SMILES string of the molecule is CCCO[Si](CC[Si](C)(C)O[Si](C)(O[Si](C)C)O[Si](C)(C)CC[Si](OCCC)(OCCC)OCCC)(OCCC)OCCC. The molecule has 0 fully saturated rings. The molecule has 0 atom stereocenters. The first kappa shape index (κ1) is 44.9. The van der Waals surface area contributed by atoms with Crippen LogP contribution in [0.1, 0.15) is 80.1 Å². The summed E-state index contributed by atoms with van der Waals surface area (Å²) in [5, 5.41) is 0. The standard InChI is InChI=1S/C29H71O9Si6/c1-14-20-30-43(31-21-15-2,32-22-16-3)28-26-40(9,10)37-42(13,36-39(7)8)38-41(11,12)27-29-44(33-23-17-4,34-24-18-5)35-25-19-6/h14-29H2,1-13H3. The predicted octanol–water partition coefficient (Wildman–Crippen LogP) is 8.70. The molecule has 44 heavy (non-hydrogen) atoms. The second kappa shape index (κ2) is 23.3. The Balaban J connectivity index is 5.92. The molecule has 0 heterocycles. The van der Waals surface area contributed by atoms with Gasteiger partial charge in [0.2, 0.25) is 0 Å². The van der Waals surface area contributed by atoms with Gasteiger partial charge in [-0.2, -0.15) is 0 Å². The zero-order valence-corrected chi connectivity index (χ0v) is 37.0. The zero-order chi connectivity index (χ0) is 33.8. The van der Waals surface area contributed by atoms with Crippen molar-refractivity contribution >= 4 is 52.1 Å². The van der Waals surface area contributed by atoms with Gasteiger partial charge < -0.3 is 38.9 Å². The topological polar surface area (TPSA) is 83.1 Å². The van der Waals surface area contributed by atoms with Crippen LogP contribution in [0.4, 0.5) is 0 Å². The Labute approximate surface area is 279 Å². The van der Waals surface area contributed by atoms with Gasteiger partial charge in [0.05, 0.1) is 0 Å². The van der Waals surface area contributed by atoms with Crippen LogP contribution in [0.3, 0.4) is 0 Å². The average molecular weight is 732 g/mol.